The van der Waals surface area contributed by atoms with Gasteiger partial charge in [0.2, 0.25) is 27.6 Å². The highest BCUT2D eigenvalue weighted by molar-refractivity contribution is 7.92. The number of aryl methyl sites for hydroxylation is 1. The van der Waals surface area contributed by atoms with Gasteiger partial charge in [0, 0.05) is 11.6 Å². The van der Waals surface area contributed by atoms with E-state index in [2.05, 4.69) is 15.5 Å². The van der Waals surface area contributed by atoms with Crippen molar-refractivity contribution in [3.8, 4) is 17.1 Å². The predicted molar refractivity (Wildman–Crippen MR) is 112 cm³/mol. The molecule has 0 spiro atoms. The molecule has 3 aromatic rings. The van der Waals surface area contributed by atoms with Crippen LogP contribution in [-0.2, 0) is 21.4 Å². The van der Waals surface area contributed by atoms with Crippen LogP contribution in [0, 0.1) is 6.92 Å². The van der Waals surface area contributed by atoms with E-state index in [1.165, 1.54) is 7.11 Å². The van der Waals surface area contributed by atoms with Gasteiger partial charge in [-0.15, -0.1) is 0 Å². The number of anilines is 1. The second-order valence-electron chi connectivity index (χ2n) is 6.63. The third-order valence-corrected chi connectivity index (χ3v) is 5.38. The number of aromatic nitrogens is 2. The zero-order valence-electron chi connectivity index (χ0n) is 16.8. The number of nitrogens with zero attached hydrogens (tertiary/aromatic N) is 3. The minimum Gasteiger partial charge on any atom is -0.497 e. The summed E-state index contributed by atoms with van der Waals surface area (Å²) in [6, 6.07) is 14.1. The first-order valence-electron chi connectivity index (χ1n) is 9.04. The molecular formula is C20H22N4O5S. The van der Waals surface area contributed by atoms with Crippen LogP contribution in [0.2, 0.25) is 0 Å². The summed E-state index contributed by atoms with van der Waals surface area (Å²) in [4.78, 5) is 16.6. The van der Waals surface area contributed by atoms with E-state index >= 15 is 0 Å². The average molecular weight is 430 g/mol. The Morgan fingerprint density at radius 2 is 1.93 bits per heavy atom. The Balaban J connectivity index is 1.65. The molecule has 1 aromatic heterocycles. The monoisotopic (exact) mass is 430 g/mol. The number of methoxy groups -OCH3 is 1. The molecule has 0 atom stereocenters. The van der Waals surface area contributed by atoms with Crippen LogP contribution in [0.3, 0.4) is 0 Å². The topological polar surface area (TPSA) is 115 Å². The maximum Gasteiger partial charge on any atom is 0.246 e. The minimum atomic E-state index is -3.69. The number of hydrogen-bond acceptors (Lipinski definition) is 7. The summed E-state index contributed by atoms with van der Waals surface area (Å²) in [5.74, 6) is 0.592. The Labute approximate surface area is 174 Å². The van der Waals surface area contributed by atoms with Crippen molar-refractivity contribution < 1.29 is 22.5 Å². The Bertz CT molecular complexity index is 1130. The second kappa shape index (κ2) is 8.95. The lowest BCUT2D eigenvalue weighted by Gasteiger charge is -2.22. The summed E-state index contributed by atoms with van der Waals surface area (Å²) in [5.41, 5.74) is 2.23. The first-order chi connectivity index (χ1) is 14.3. The standard InChI is InChI=1S/C20H22N4O5S/c1-14-7-9-15(10-8-14)20-22-19(29-23-20)12-21-18(25)13-24(30(3,26)27)16-5-4-6-17(11-16)28-2/h4-11H,12-13H2,1-3H3,(H,21,25). The molecule has 0 saturated carbocycles. The molecule has 158 valence electrons. The molecule has 30 heavy (non-hydrogen) atoms. The lowest BCUT2D eigenvalue weighted by Crippen LogP contribution is -2.40. The van der Waals surface area contributed by atoms with Crippen molar-refractivity contribution >= 4 is 21.6 Å². The van der Waals surface area contributed by atoms with Gasteiger partial charge in [0.25, 0.3) is 0 Å². The maximum absolute atomic E-state index is 12.4. The van der Waals surface area contributed by atoms with E-state index < -0.39 is 22.5 Å². The van der Waals surface area contributed by atoms with Gasteiger partial charge in [0.15, 0.2) is 0 Å². The first kappa shape index (κ1) is 21.3. The fourth-order valence-electron chi connectivity index (χ4n) is 2.67. The predicted octanol–water partition coefficient (Wildman–Crippen LogP) is 2.14. The summed E-state index contributed by atoms with van der Waals surface area (Å²) >= 11 is 0. The molecule has 1 heterocycles. The molecule has 0 aliphatic heterocycles. The summed E-state index contributed by atoms with van der Waals surface area (Å²) in [5, 5.41) is 6.50. The van der Waals surface area contributed by atoms with Crippen LogP contribution < -0.4 is 14.4 Å². The normalized spacial score (nSPS) is 11.2. The molecule has 0 radical (unpaired) electrons. The third-order valence-electron chi connectivity index (χ3n) is 4.24. The van der Waals surface area contributed by atoms with Crippen LogP contribution in [0.1, 0.15) is 11.5 Å². The highest BCUT2D eigenvalue weighted by Crippen LogP contribution is 2.23. The van der Waals surface area contributed by atoms with Crippen LogP contribution >= 0.6 is 0 Å². The van der Waals surface area contributed by atoms with Gasteiger partial charge in [-0.3, -0.25) is 9.10 Å². The quantitative estimate of drug-likeness (QED) is 0.582. The number of nitrogens with one attached hydrogen (secondary N) is 1. The minimum absolute atomic E-state index is 0.0204. The number of hydrogen-bond donors (Lipinski definition) is 1. The van der Waals surface area contributed by atoms with Gasteiger partial charge in [-0.2, -0.15) is 4.98 Å². The van der Waals surface area contributed by atoms with E-state index in [4.69, 9.17) is 9.26 Å². The molecule has 3 rings (SSSR count). The Morgan fingerprint density at radius 1 is 1.20 bits per heavy atom. The fourth-order valence-corrected chi connectivity index (χ4v) is 3.52. The number of amides is 1. The van der Waals surface area contributed by atoms with Crippen LogP contribution in [0.25, 0.3) is 11.4 Å². The summed E-state index contributed by atoms with van der Waals surface area (Å²) in [6.45, 7) is 1.56. The lowest BCUT2D eigenvalue weighted by atomic mass is 10.1. The van der Waals surface area contributed by atoms with Gasteiger partial charge in [-0.25, -0.2) is 8.42 Å². The molecule has 1 amide bonds. The molecule has 10 heteroatoms. The van der Waals surface area contributed by atoms with Crippen LogP contribution in [0.5, 0.6) is 5.75 Å². The molecule has 0 saturated heterocycles. The van der Waals surface area contributed by atoms with Crippen molar-refractivity contribution in [1.82, 2.24) is 15.5 Å². The number of carbonyl (C=O) groups excluding carboxylic acids is 1. The number of rotatable bonds is 8. The molecule has 0 aliphatic rings. The van der Waals surface area contributed by atoms with E-state index in [1.54, 1.807) is 24.3 Å². The summed E-state index contributed by atoms with van der Waals surface area (Å²) in [7, 11) is -2.21. The second-order valence-corrected chi connectivity index (χ2v) is 8.53. The van der Waals surface area contributed by atoms with Gasteiger partial charge in [-0.05, 0) is 19.1 Å². The molecule has 0 aliphatic carbocycles. The van der Waals surface area contributed by atoms with Gasteiger partial charge >= 0.3 is 0 Å². The largest absolute Gasteiger partial charge is 0.497 e. The van der Waals surface area contributed by atoms with Crippen molar-refractivity contribution in [1.29, 1.82) is 0 Å². The van der Waals surface area contributed by atoms with E-state index in [0.717, 1.165) is 21.7 Å². The van der Waals surface area contributed by atoms with E-state index in [0.29, 0.717) is 17.3 Å². The van der Waals surface area contributed by atoms with Gasteiger partial charge < -0.3 is 14.6 Å². The number of ether oxygens (including phenoxy) is 1. The van der Waals surface area contributed by atoms with Crippen molar-refractivity contribution in [2.45, 2.75) is 13.5 Å². The van der Waals surface area contributed by atoms with Gasteiger partial charge in [0.1, 0.15) is 12.3 Å². The maximum atomic E-state index is 12.4. The Kier molecular flexibility index (Phi) is 6.36. The smallest absolute Gasteiger partial charge is 0.246 e. The Morgan fingerprint density at radius 3 is 2.60 bits per heavy atom. The first-order valence-corrected chi connectivity index (χ1v) is 10.9. The van der Waals surface area contributed by atoms with E-state index in [-0.39, 0.29) is 12.4 Å². The molecule has 0 bridgehead atoms. The van der Waals surface area contributed by atoms with Crippen molar-refractivity contribution in [2.24, 2.45) is 0 Å². The molecule has 0 fully saturated rings. The average Bonchev–Trinajstić information content (AvgIpc) is 3.19. The molecule has 1 N–H and O–H groups in total. The van der Waals surface area contributed by atoms with E-state index in [9.17, 15) is 13.2 Å². The third kappa shape index (κ3) is 5.35. The Hall–Kier alpha value is -3.40. The van der Waals surface area contributed by atoms with Crippen LogP contribution in [-0.4, -0.2) is 44.4 Å². The van der Waals surface area contributed by atoms with Crippen molar-refractivity contribution in [2.75, 3.05) is 24.2 Å². The van der Waals surface area contributed by atoms with Crippen molar-refractivity contribution in [3.63, 3.8) is 0 Å². The lowest BCUT2D eigenvalue weighted by molar-refractivity contribution is -0.119. The highest BCUT2D eigenvalue weighted by atomic mass is 32.2. The number of carbonyl (C=O) groups is 1. The number of benzene rings is 2. The molecule has 0 unspecified atom stereocenters. The van der Waals surface area contributed by atoms with Gasteiger partial charge in [-0.1, -0.05) is 41.1 Å². The van der Waals surface area contributed by atoms with Crippen molar-refractivity contribution in [3.05, 3.63) is 60.0 Å². The fraction of sp³-hybridized carbons (Fsp3) is 0.250. The van der Waals surface area contributed by atoms with Crippen LogP contribution in [0.4, 0.5) is 5.69 Å². The molecule has 9 nitrogen and oxygen atoms in total. The zero-order valence-corrected chi connectivity index (χ0v) is 17.6. The van der Waals surface area contributed by atoms with E-state index in [1.807, 2.05) is 31.2 Å². The molecule has 2 aromatic carbocycles. The zero-order chi connectivity index (χ0) is 21.7. The number of sulfonamides is 1. The summed E-state index contributed by atoms with van der Waals surface area (Å²) in [6.07, 6.45) is 1.03. The molecular weight excluding hydrogens is 408 g/mol. The van der Waals surface area contributed by atoms with Gasteiger partial charge in [0.05, 0.1) is 25.6 Å². The highest BCUT2D eigenvalue weighted by Gasteiger charge is 2.21. The SMILES string of the molecule is COc1cccc(N(CC(=O)NCc2nc(-c3ccc(C)cc3)no2)S(C)(=O)=O)c1. The summed E-state index contributed by atoms with van der Waals surface area (Å²) < 4.78 is 35.7. The van der Waals surface area contributed by atoms with Crippen LogP contribution in [0.15, 0.2) is 53.1 Å².